The highest BCUT2D eigenvalue weighted by Gasteiger charge is 2.10. The summed E-state index contributed by atoms with van der Waals surface area (Å²) in [5, 5.41) is 3.11. The summed E-state index contributed by atoms with van der Waals surface area (Å²) >= 11 is 0. The molecule has 0 aromatic heterocycles. The van der Waals surface area contributed by atoms with Gasteiger partial charge in [-0.1, -0.05) is 30.3 Å². The first-order chi connectivity index (χ1) is 9.22. The second-order valence-electron chi connectivity index (χ2n) is 4.31. The lowest BCUT2D eigenvalue weighted by molar-refractivity contribution is -0.145. The lowest BCUT2D eigenvalue weighted by atomic mass is 10.1. The van der Waals surface area contributed by atoms with Gasteiger partial charge in [0.25, 0.3) is 0 Å². The molecular formula is C15H21NO3. The van der Waals surface area contributed by atoms with Crippen molar-refractivity contribution < 1.29 is 14.3 Å². The lowest BCUT2D eigenvalue weighted by Crippen LogP contribution is -2.26. The summed E-state index contributed by atoms with van der Waals surface area (Å²) in [7, 11) is 1.64. The fraction of sp³-hybridized carbons (Fsp3) is 0.467. The number of carbonyl (C=O) groups excluding carboxylic acids is 1. The molecule has 0 amide bonds. The molecule has 0 aliphatic heterocycles. The van der Waals surface area contributed by atoms with Gasteiger partial charge in [-0.3, -0.25) is 4.79 Å². The number of hydrogen-bond donors (Lipinski definition) is 1. The number of hydrogen-bond acceptors (Lipinski definition) is 4. The molecule has 0 bridgehead atoms. The highest BCUT2D eigenvalue weighted by Crippen LogP contribution is 2.05. The number of rotatable bonds is 9. The summed E-state index contributed by atoms with van der Waals surface area (Å²) in [6.45, 7) is 8.05. The Morgan fingerprint density at radius 1 is 1.37 bits per heavy atom. The van der Waals surface area contributed by atoms with Crippen molar-refractivity contribution in [3.8, 4) is 0 Å². The van der Waals surface area contributed by atoms with Crippen molar-refractivity contribution in [1.29, 1.82) is 0 Å². The van der Waals surface area contributed by atoms with Gasteiger partial charge in [0.2, 0.25) is 0 Å². The van der Waals surface area contributed by atoms with Crippen LogP contribution in [0, 0.1) is 12.8 Å². The molecule has 1 N–H and O–H groups in total. The Morgan fingerprint density at radius 2 is 2.11 bits per heavy atom. The topological polar surface area (TPSA) is 47.6 Å². The number of nitrogens with one attached hydrogen (secondary N) is 1. The van der Waals surface area contributed by atoms with E-state index in [2.05, 4.69) is 5.32 Å². The Bertz CT molecular complexity index is 354. The maximum atomic E-state index is 11.6. The fourth-order valence-electron chi connectivity index (χ4n) is 1.54. The van der Waals surface area contributed by atoms with Gasteiger partial charge in [-0.2, -0.15) is 0 Å². The zero-order valence-corrected chi connectivity index (χ0v) is 11.3. The first-order valence-corrected chi connectivity index (χ1v) is 6.37. The van der Waals surface area contributed by atoms with E-state index >= 15 is 0 Å². The van der Waals surface area contributed by atoms with Gasteiger partial charge in [0.15, 0.2) is 0 Å². The number of carbonyl (C=O) groups is 1. The largest absolute Gasteiger partial charge is 0.461 e. The van der Waals surface area contributed by atoms with Crippen molar-refractivity contribution in [2.45, 2.75) is 13.0 Å². The van der Waals surface area contributed by atoms with Crippen molar-refractivity contribution in [3.63, 3.8) is 0 Å². The van der Waals surface area contributed by atoms with Crippen LogP contribution in [-0.2, 0) is 20.9 Å². The van der Waals surface area contributed by atoms with Gasteiger partial charge in [0.1, 0.15) is 6.61 Å². The van der Waals surface area contributed by atoms with Crippen molar-refractivity contribution >= 4 is 5.97 Å². The van der Waals surface area contributed by atoms with Crippen molar-refractivity contribution in [2.75, 3.05) is 26.8 Å². The normalized spacial score (nSPS) is 12.1. The first kappa shape index (κ1) is 15.7. The third kappa shape index (κ3) is 7.59. The second kappa shape index (κ2) is 9.53. The molecule has 1 aromatic carbocycles. The van der Waals surface area contributed by atoms with E-state index in [0.29, 0.717) is 19.8 Å². The minimum Gasteiger partial charge on any atom is -0.461 e. The predicted octanol–water partition coefficient (Wildman–Crippen LogP) is 1.68. The molecule has 1 rings (SSSR count). The third-order valence-electron chi connectivity index (χ3n) is 2.56. The highest BCUT2D eigenvalue weighted by molar-refractivity contribution is 5.69. The van der Waals surface area contributed by atoms with Gasteiger partial charge in [-0.05, 0) is 24.9 Å². The lowest BCUT2D eigenvalue weighted by Gasteiger charge is -2.11. The Morgan fingerprint density at radius 3 is 2.79 bits per heavy atom. The minimum atomic E-state index is -0.273. The fourth-order valence-corrected chi connectivity index (χ4v) is 1.54. The summed E-state index contributed by atoms with van der Waals surface area (Å²) in [6, 6.07) is 9.58. The summed E-state index contributed by atoms with van der Waals surface area (Å²) in [5.74, 6) is -0.509. The second-order valence-corrected chi connectivity index (χ2v) is 4.31. The third-order valence-corrected chi connectivity index (χ3v) is 2.56. The van der Waals surface area contributed by atoms with E-state index in [4.69, 9.17) is 16.4 Å². The number of methoxy groups -OCH3 is 1. The van der Waals surface area contributed by atoms with Crippen LogP contribution >= 0.6 is 0 Å². The molecule has 0 saturated heterocycles. The van der Waals surface area contributed by atoms with Crippen LogP contribution in [0.4, 0.5) is 0 Å². The Kier molecular flexibility index (Phi) is 7.86. The summed E-state index contributed by atoms with van der Waals surface area (Å²) in [5.41, 5.74) is 0.975. The minimum absolute atomic E-state index is 0.215. The summed E-state index contributed by atoms with van der Waals surface area (Å²) in [4.78, 5) is 11.6. The monoisotopic (exact) mass is 263 g/mol. The number of benzene rings is 1. The molecule has 0 aliphatic rings. The van der Waals surface area contributed by atoms with Gasteiger partial charge in [0.05, 0.1) is 6.61 Å². The van der Waals surface area contributed by atoms with E-state index in [1.807, 2.05) is 30.3 Å². The molecule has 2 radical (unpaired) electrons. The van der Waals surface area contributed by atoms with Crippen molar-refractivity contribution in [3.05, 3.63) is 42.8 Å². The van der Waals surface area contributed by atoms with E-state index in [1.165, 1.54) is 0 Å². The molecule has 0 saturated carbocycles. The zero-order valence-electron chi connectivity index (χ0n) is 11.3. The molecular weight excluding hydrogens is 242 g/mol. The van der Waals surface area contributed by atoms with Gasteiger partial charge >= 0.3 is 5.97 Å². The quantitative estimate of drug-likeness (QED) is 0.544. The standard InChI is InChI=1S/C15H21NO3/c1-13(11-16-8-9-18-2)10-15(17)19-12-14-6-4-3-5-7-14/h1,3-7,13,16H,8-12H2,2H3. The van der Waals surface area contributed by atoms with Gasteiger partial charge in [-0.25, -0.2) is 0 Å². The predicted molar refractivity (Wildman–Crippen MR) is 73.4 cm³/mol. The Labute approximate surface area is 115 Å². The highest BCUT2D eigenvalue weighted by atomic mass is 16.5. The van der Waals surface area contributed by atoms with Crippen LogP contribution in [0.15, 0.2) is 30.3 Å². The van der Waals surface area contributed by atoms with Crippen LogP contribution in [0.1, 0.15) is 12.0 Å². The van der Waals surface area contributed by atoms with E-state index < -0.39 is 0 Å². The van der Waals surface area contributed by atoms with Crippen molar-refractivity contribution in [1.82, 2.24) is 5.32 Å². The Balaban J connectivity index is 2.13. The Hall–Kier alpha value is -1.39. The molecule has 0 spiro atoms. The molecule has 4 nitrogen and oxygen atoms in total. The zero-order chi connectivity index (χ0) is 13.9. The van der Waals surface area contributed by atoms with E-state index in [1.54, 1.807) is 7.11 Å². The van der Waals surface area contributed by atoms with Crippen LogP contribution in [0.3, 0.4) is 0 Å². The number of ether oxygens (including phenoxy) is 2. The van der Waals surface area contributed by atoms with Gasteiger partial charge in [0, 0.05) is 20.1 Å². The van der Waals surface area contributed by atoms with Gasteiger partial charge in [-0.15, -0.1) is 0 Å². The maximum Gasteiger partial charge on any atom is 0.306 e. The van der Waals surface area contributed by atoms with Crippen LogP contribution < -0.4 is 5.32 Å². The molecule has 104 valence electrons. The summed E-state index contributed by atoms with van der Waals surface area (Å²) in [6.07, 6.45) is 0.215. The average molecular weight is 263 g/mol. The SMILES string of the molecule is [CH]C(CNCCOC)CC(=O)OCc1ccccc1. The molecule has 1 aromatic rings. The van der Waals surface area contributed by atoms with Crippen molar-refractivity contribution in [2.24, 2.45) is 5.92 Å². The molecule has 0 fully saturated rings. The average Bonchev–Trinajstić information content (AvgIpc) is 2.42. The molecule has 4 heteroatoms. The molecule has 0 heterocycles. The van der Waals surface area contributed by atoms with E-state index in [-0.39, 0.29) is 18.3 Å². The van der Waals surface area contributed by atoms with Crippen LogP contribution in [0.25, 0.3) is 0 Å². The van der Waals surface area contributed by atoms with E-state index in [9.17, 15) is 4.79 Å². The van der Waals surface area contributed by atoms with Crippen LogP contribution in [0.2, 0.25) is 0 Å². The smallest absolute Gasteiger partial charge is 0.306 e. The number of esters is 1. The maximum absolute atomic E-state index is 11.6. The van der Waals surface area contributed by atoms with Crippen LogP contribution in [-0.4, -0.2) is 32.8 Å². The molecule has 1 unspecified atom stereocenters. The molecule has 0 aliphatic carbocycles. The van der Waals surface area contributed by atoms with Crippen LogP contribution in [0.5, 0.6) is 0 Å². The molecule has 19 heavy (non-hydrogen) atoms. The van der Waals surface area contributed by atoms with Gasteiger partial charge < -0.3 is 14.8 Å². The summed E-state index contributed by atoms with van der Waals surface area (Å²) < 4.78 is 10.1. The van der Waals surface area contributed by atoms with E-state index in [0.717, 1.165) is 12.1 Å². The molecule has 1 atom stereocenters. The first-order valence-electron chi connectivity index (χ1n) is 6.37.